The van der Waals surface area contributed by atoms with Crippen molar-refractivity contribution in [2.24, 2.45) is 0 Å². The maximum absolute atomic E-state index is 11.7. The lowest BCUT2D eigenvalue weighted by atomic mass is 10.2. The van der Waals surface area contributed by atoms with Crippen molar-refractivity contribution in [2.45, 2.75) is 0 Å². The summed E-state index contributed by atoms with van der Waals surface area (Å²) in [5, 5.41) is 13.2. The van der Waals surface area contributed by atoms with Crippen LogP contribution in [0.3, 0.4) is 0 Å². The van der Waals surface area contributed by atoms with Gasteiger partial charge in [0.05, 0.1) is 4.92 Å². The van der Waals surface area contributed by atoms with Crippen LogP contribution in [0, 0.1) is 13.7 Å². The van der Waals surface area contributed by atoms with E-state index >= 15 is 0 Å². The summed E-state index contributed by atoms with van der Waals surface area (Å²) in [4.78, 5) is 33.4. The molecule has 0 radical (unpaired) electrons. The number of amides is 1. The van der Waals surface area contributed by atoms with Crippen molar-refractivity contribution in [1.82, 2.24) is 0 Å². The fourth-order valence-electron chi connectivity index (χ4n) is 1.82. The molecule has 0 aliphatic heterocycles. The van der Waals surface area contributed by atoms with Gasteiger partial charge in [0.2, 0.25) is 0 Å². The number of halogens is 1. The fourth-order valence-corrected chi connectivity index (χ4v) is 2.36. The second kappa shape index (κ2) is 8.92. The summed E-state index contributed by atoms with van der Waals surface area (Å²) >= 11 is 2.12. The first-order chi connectivity index (χ1) is 11.9. The largest absolute Gasteiger partial charge is 0.452 e. The number of ether oxygens (including phenoxy) is 1. The van der Waals surface area contributed by atoms with Crippen LogP contribution in [-0.2, 0) is 14.3 Å². The third-order valence-electron chi connectivity index (χ3n) is 2.97. The van der Waals surface area contributed by atoms with Crippen molar-refractivity contribution in [2.75, 3.05) is 11.9 Å². The molecule has 0 aromatic heterocycles. The van der Waals surface area contributed by atoms with Crippen molar-refractivity contribution in [3.8, 4) is 0 Å². The van der Waals surface area contributed by atoms with E-state index in [1.54, 1.807) is 18.2 Å². The fraction of sp³-hybridized carbons (Fsp3) is 0.0588. The van der Waals surface area contributed by atoms with Gasteiger partial charge in [0, 0.05) is 27.5 Å². The second-order valence-electron chi connectivity index (χ2n) is 4.85. The van der Waals surface area contributed by atoms with Crippen LogP contribution < -0.4 is 5.32 Å². The molecule has 2 aromatic carbocycles. The smallest absolute Gasteiger partial charge is 0.331 e. The molecule has 8 heteroatoms. The molecule has 0 bridgehead atoms. The monoisotopic (exact) mass is 452 g/mol. The van der Waals surface area contributed by atoms with Crippen LogP contribution in [0.4, 0.5) is 11.4 Å². The lowest BCUT2D eigenvalue weighted by Crippen LogP contribution is -2.20. The van der Waals surface area contributed by atoms with Gasteiger partial charge >= 0.3 is 5.97 Å². The molecule has 0 saturated carbocycles. The van der Waals surface area contributed by atoms with E-state index < -0.39 is 23.4 Å². The zero-order valence-corrected chi connectivity index (χ0v) is 15.0. The van der Waals surface area contributed by atoms with Gasteiger partial charge in [-0.15, -0.1) is 0 Å². The number of hydrogen-bond donors (Lipinski definition) is 1. The minimum Gasteiger partial charge on any atom is -0.452 e. The number of nitro groups is 1. The van der Waals surface area contributed by atoms with E-state index in [2.05, 4.69) is 27.9 Å². The first-order valence-corrected chi connectivity index (χ1v) is 8.16. The molecule has 7 nitrogen and oxygen atoms in total. The van der Waals surface area contributed by atoms with Gasteiger partial charge in [-0.1, -0.05) is 6.07 Å². The average molecular weight is 452 g/mol. The number of nitrogens with one attached hydrogen (secondary N) is 1. The van der Waals surface area contributed by atoms with Crippen LogP contribution in [0.2, 0.25) is 0 Å². The molecule has 2 rings (SSSR count). The van der Waals surface area contributed by atoms with E-state index in [9.17, 15) is 19.7 Å². The molecule has 128 valence electrons. The number of rotatable bonds is 6. The molecule has 0 unspecified atom stereocenters. The van der Waals surface area contributed by atoms with Gasteiger partial charge in [-0.05, 0) is 64.6 Å². The molecular formula is C17H13IN2O5. The number of carbonyl (C=O) groups is 2. The number of anilines is 1. The average Bonchev–Trinajstić information content (AvgIpc) is 2.58. The van der Waals surface area contributed by atoms with E-state index in [4.69, 9.17) is 4.74 Å². The summed E-state index contributed by atoms with van der Waals surface area (Å²) in [5.41, 5.74) is 1.19. The Morgan fingerprint density at radius 3 is 2.56 bits per heavy atom. The van der Waals surface area contributed by atoms with Crippen molar-refractivity contribution >= 4 is 51.9 Å². The predicted octanol–water partition coefficient (Wildman–Crippen LogP) is 3.39. The van der Waals surface area contributed by atoms with Crippen LogP contribution in [-0.4, -0.2) is 23.4 Å². The molecule has 0 fully saturated rings. The van der Waals surface area contributed by atoms with Crippen molar-refractivity contribution in [1.29, 1.82) is 0 Å². The molecule has 0 atom stereocenters. The predicted molar refractivity (Wildman–Crippen MR) is 101 cm³/mol. The quantitative estimate of drug-likeness (QED) is 0.238. The summed E-state index contributed by atoms with van der Waals surface area (Å²) in [6.45, 7) is -0.408. The summed E-state index contributed by atoms with van der Waals surface area (Å²) in [7, 11) is 0. The molecule has 2 aromatic rings. The Hall–Kier alpha value is -2.75. The molecule has 1 amide bonds. The molecule has 0 saturated heterocycles. The maximum atomic E-state index is 11.7. The Labute approximate surface area is 157 Å². The number of non-ortho nitro benzene ring substituents is 1. The Morgan fingerprint density at radius 1 is 1.20 bits per heavy atom. The van der Waals surface area contributed by atoms with Gasteiger partial charge < -0.3 is 10.1 Å². The van der Waals surface area contributed by atoms with Crippen LogP contribution in [0.5, 0.6) is 0 Å². The number of esters is 1. The van der Waals surface area contributed by atoms with Crippen molar-refractivity contribution < 1.29 is 19.2 Å². The summed E-state index contributed by atoms with van der Waals surface area (Å²) in [5.74, 6) is -1.13. The number of nitro benzene ring substituents is 1. The molecule has 1 N–H and O–H groups in total. The highest BCUT2D eigenvalue weighted by atomic mass is 127. The molecule has 0 aliphatic carbocycles. The Morgan fingerprint density at radius 2 is 1.92 bits per heavy atom. The van der Waals surface area contributed by atoms with Crippen molar-refractivity contribution in [3.05, 3.63) is 73.9 Å². The standard InChI is InChI=1S/C17H13IN2O5/c18-13-2-1-3-14(10-13)19-16(21)11-25-17(22)9-6-12-4-7-15(8-5-12)20(23)24/h1-10H,11H2,(H,19,21). The number of hydrogen-bond acceptors (Lipinski definition) is 5. The highest BCUT2D eigenvalue weighted by molar-refractivity contribution is 14.1. The van der Waals surface area contributed by atoms with E-state index in [0.29, 0.717) is 11.3 Å². The lowest BCUT2D eigenvalue weighted by molar-refractivity contribution is -0.384. The summed E-state index contributed by atoms with van der Waals surface area (Å²) in [6, 6.07) is 12.9. The Balaban J connectivity index is 1.81. The van der Waals surface area contributed by atoms with E-state index in [1.165, 1.54) is 30.3 Å². The third kappa shape index (κ3) is 6.34. The lowest BCUT2D eigenvalue weighted by Gasteiger charge is -2.05. The van der Waals surface area contributed by atoms with Crippen LogP contribution in [0.25, 0.3) is 6.08 Å². The summed E-state index contributed by atoms with van der Waals surface area (Å²) in [6.07, 6.45) is 2.60. The van der Waals surface area contributed by atoms with Gasteiger partial charge in [-0.25, -0.2) is 4.79 Å². The zero-order valence-electron chi connectivity index (χ0n) is 12.8. The highest BCUT2D eigenvalue weighted by Gasteiger charge is 2.06. The topological polar surface area (TPSA) is 98.5 Å². The van der Waals surface area contributed by atoms with Gasteiger partial charge in [0.15, 0.2) is 6.61 Å². The second-order valence-corrected chi connectivity index (χ2v) is 6.09. The van der Waals surface area contributed by atoms with Gasteiger partial charge in [-0.3, -0.25) is 14.9 Å². The first kappa shape index (κ1) is 18.6. The molecule has 0 spiro atoms. The normalized spacial score (nSPS) is 10.4. The third-order valence-corrected chi connectivity index (χ3v) is 3.64. The molecular weight excluding hydrogens is 439 g/mol. The summed E-state index contributed by atoms with van der Waals surface area (Å²) < 4.78 is 5.81. The van der Waals surface area contributed by atoms with E-state index in [0.717, 1.165) is 9.65 Å². The van der Waals surface area contributed by atoms with Crippen LogP contribution >= 0.6 is 22.6 Å². The van der Waals surface area contributed by atoms with E-state index in [-0.39, 0.29) is 5.69 Å². The maximum Gasteiger partial charge on any atom is 0.331 e. The highest BCUT2D eigenvalue weighted by Crippen LogP contribution is 2.13. The number of nitrogens with zero attached hydrogens (tertiary/aromatic N) is 1. The first-order valence-electron chi connectivity index (χ1n) is 7.09. The van der Waals surface area contributed by atoms with Crippen LogP contribution in [0.1, 0.15) is 5.56 Å². The zero-order chi connectivity index (χ0) is 18.2. The van der Waals surface area contributed by atoms with Gasteiger partial charge in [0.1, 0.15) is 0 Å². The minimum absolute atomic E-state index is 0.0352. The van der Waals surface area contributed by atoms with Gasteiger partial charge in [0.25, 0.3) is 11.6 Å². The molecule has 0 aliphatic rings. The van der Waals surface area contributed by atoms with Crippen molar-refractivity contribution in [3.63, 3.8) is 0 Å². The van der Waals surface area contributed by atoms with Crippen LogP contribution in [0.15, 0.2) is 54.6 Å². The Kier molecular flexibility index (Phi) is 6.63. The molecule has 0 heterocycles. The van der Waals surface area contributed by atoms with E-state index in [1.807, 2.05) is 6.07 Å². The SMILES string of the molecule is O=C(COC(=O)C=Cc1ccc([N+](=O)[O-])cc1)Nc1cccc(I)c1. The molecule has 25 heavy (non-hydrogen) atoms. The Bertz CT molecular complexity index is 818. The minimum atomic E-state index is -0.684. The van der Waals surface area contributed by atoms with Gasteiger partial charge in [-0.2, -0.15) is 0 Å². The number of carbonyl (C=O) groups excluding carboxylic acids is 2. The number of benzene rings is 2.